The highest BCUT2D eigenvalue weighted by Gasteiger charge is 2.73. The number of rotatable bonds is 6. The normalized spacial score (nSPS) is 21.6. The summed E-state index contributed by atoms with van der Waals surface area (Å²) < 4.78 is 23.8. The molecular weight excluding hydrogens is 534 g/mol. The summed E-state index contributed by atoms with van der Waals surface area (Å²) >= 11 is 0. The van der Waals surface area contributed by atoms with Crippen LogP contribution in [0.5, 0.6) is 23.0 Å². The lowest BCUT2D eigenvalue weighted by Crippen LogP contribution is -2.49. The van der Waals surface area contributed by atoms with E-state index in [0.29, 0.717) is 45.3 Å². The maximum absolute atomic E-state index is 14.1. The zero-order valence-electron chi connectivity index (χ0n) is 23.1. The molecule has 9 nitrogen and oxygen atoms in total. The van der Waals surface area contributed by atoms with Gasteiger partial charge < -0.3 is 29.0 Å². The van der Waals surface area contributed by atoms with E-state index in [4.69, 9.17) is 23.9 Å². The zero-order valence-corrected chi connectivity index (χ0v) is 23.1. The Morgan fingerprint density at radius 3 is 2.33 bits per heavy atom. The summed E-state index contributed by atoms with van der Waals surface area (Å²) in [6, 6.07) is 23.8. The molecule has 1 aliphatic heterocycles. The fourth-order valence-electron chi connectivity index (χ4n) is 6.47. The number of fused-ring (bicyclic) bond motifs is 5. The molecule has 7 rings (SSSR count). The van der Waals surface area contributed by atoms with E-state index in [-0.39, 0.29) is 17.1 Å². The van der Waals surface area contributed by atoms with Crippen molar-refractivity contribution in [2.45, 2.75) is 17.1 Å². The third-order valence-corrected chi connectivity index (χ3v) is 8.25. The van der Waals surface area contributed by atoms with Crippen molar-refractivity contribution in [3.05, 3.63) is 130 Å². The molecule has 1 aliphatic carbocycles. The largest absolute Gasteiger partial charge is 0.497 e. The first kappa shape index (κ1) is 25.8. The van der Waals surface area contributed by atoms with E-state index in [1.807, 2.05) is 42.5 Å². The first-order chi connectivity index (χ1) is 20.5. The molecule has 0 saturated heterocycles. The predicted octanol–water partition coefficient (Wildman–Crippen LogP) is 4.53. The summed E-state index contributed by atoms with van der Waals surface area (Å²) in [5.41, 5.74) is -1.08. The number of hydrogen-bond acceptors (Lipinski definition) is 8. The Morgan fingerprint density at radius 2 is 1.67 bits per heavy atom. The van der Waals surface area contributed by atoms with Crippen LogP contribution in [0.25, 0.3) is 11.4 Å². The predicted molar refractivity (Wildman–Crippen MR) is 154 cm³/mol. The van der Waals surface area contributed by atoms with Crippen molar-refractivity contribution in [1.82, 2.24) is 15.0 Å². The molecule has 0 amide bonds. The van der Waals surface area contributed by atoms with Crippen LogP contribution in [0, 0.1) is 0 Å². The molecule has 9 heteroatoms. The van der Waals surface area contributed by atoms with Gasteiger partial charge in [0.2, 0.25) is 0 Å². The molecule has 210 valence electrons. The molecule has 2 aromatic heterocycles. The summed E-state index contributed by atoms with van der Waals surface area (Å²) in [5.74, 6) is 1.33. The van der Waals surface area contributed by atoms with E-state index < -0.39 is 17.1 Å². The highest BCUT2D eigenvalue weighted by atomic mass is 16.5. The van der Waals surface area contributed by atoms with Gasteiger partial charge >= 0.3 is 0 Å². The Balaban J connectivity index is 1.64. The lowest BCUT2D eigenvalue weighted by molar-refractivity contribution is -0.0909. The number of benzene rings is 3. The first-order valence-electron chi connectivity index (χ1n) is 13.4. The molecule has 0 spiro atoms. The van der Waals surface area contributed by atoms with E-state index in [9.17, 15) is 9.90 Å². The smallest absolute Gasteiger partial charge is 0.255 e. The van der Waals surface area contributed by atoms with Crippen LogP contribution in [0.15, 0.2) is 96.1 Å². The topological polar surface area (TPSA) is 116 Å². The molecular formula is C33H27N3O6. The van der Waals surface area contributed by atoms with Gasteiger partial charge in [0.05, 0.1) is 44.1 Å². The second kappa shape index (κ2) is 9.46. The molecule has 2 aliphatic rings. The van der Waals surface area contributed by atoms with Gasteiger partial charge in [-0.3, -0.25) is 9.78 Å². The first-order valence-corrected chi connectivity index (χ1v) is 13.4. The van der Waals surface area contributed by atoms with E-state index in [2.05, 4.69) is 9.97 Å². The van der Waals surface area contributed by atoms with Crippen molar-refractivity contribution in [3.8, 4) is 34.4 Å². The van der Waals surface area contributed by atoms with Crippen molar-refractivity contribution >= 4 is 0 Å². The van der Waals surface area contributed by atoms with Gasteiger partial charge in [0.1, 0.15) is 28.8 Å². The maximum Gasteiger partial charge on any atom is 0.255 e. The van der Waals surface area contributed by atoms with Gasteiger partial charge in [0.15, 0.2) is 11.2 Å². The fourth-order valence-corrected chi connectivity index (χ4v) is 6.47. The van der Waals surface area contributed by atoms with Crippen molar-refractivity contribution in [2.24, 2.45) is 0 Å². The minimum atomic E-state index is -1.96. The summed E-state index contributed by atoms with van der Waals surface area (Å²) in [7, 11) is 4.65. The van der Waals surface area contributed by atoms with Gasteiger partial charge in [-0.2, -0.15) is 0 Å². The number of aromatic amines is 1. The number of aromatic nitrogens is 3. The standard InChI is InChI=1S/C33H27N3O6/c1-39-22-13-11-21(12-14-22)33-27(19-8-5-4-6-9-19)26-29(35-30(36-31(26)37)20-10-7-15-34-18-20)32(33,38)28-24(41-3)16-23(40-2)17-25(28)42-33/h4-18,27,38H,1-3H3,(H,35,36,37)/t27-,32+,33+/m1/s1. The molecule has 0 fully saturated rings. The number of hydrogen-bond donors (Lipinski definition) is 2. The van der Waals surface area contributed by atoms with Crippen molar-refractivity contribution < 1.29 is 24.1 Å². The maximum atomic E-state index is 14.1. The van der Waals surface area contributed by atoms with Gasteiger partial charge in [-0.15, -0.1) is 0 Å². The molecule has 0 unspecified atom stereocenters. The lowest BCUT2D eigenvalue weighted by Gasteiger charge is -2.40. The molecule has 3 atom stereocenters. The van der Waals surface area contributed by atoms with Crippen LogP contribution in [0.4, 0.5) is 0 Å². The number of pyridine rings is 1. The Kier molecular flexibility index (Phi) is 5.81. The number of ether oxygens (including phenoxy) is 4. The van der Waals surface area contributed by atoms with Gasteiger partial charge in [0, 0.05) is 35.7 Å². The fraction of sp³-hybridized carbons (Fsp3) is 0.182. The Bertz CT molecular complexity index is 1860. The Hall–Kier alpha value is -5.15. The van der Waals surface area contributed by atoms with Crippen LogP contribution >= 0.6 is 0 Å². The minimum Gasteiger partial charge on any atom is -0.497 e. The Labute approximate surface area is 241 Å². The number of methoxy groups -OCH3 is 3. The molecule has 2 N–H and O–H groups in total. The van der Waals surface area contributed by atoms with Gasteiger partial charge in [-0.05, 0) is 29.8 Å². The van der Waals surface area contributed by atoms with Gasteiger partial charge in [-0.1, -0.05) is 42.5 Å². The average molecular weight is 562 g/mol. The molecule has 3 aromatic carbocycles. The summed E-state index contributed by atoms with van der Waals surface area (Å²) in [6.07, 6.45) is 3.25. The number of nitrogens with zero attached hydrogens (tertiary/aromatic N) is 2. The number of H-pyrrole nitrogens is 1. The van der Waals surface area contributed by atoms with E-state index in [1.165, 1.54) is 7.11 Å². The molecule has 3 heterocycles. The molecule has 42 heavy (non-hydrogen) atoms. The molecule has 0 bridgehead atoms. The number of nitrogens with one attached hydrogen (secondary N) is 1. The van der Waals surface area contributed by atoms with Crippen LogP contribution in [0.3, 0.4) is 0 Å². The average Bonchev–Trinajstić information content (AvgIpc) is 3.44. The highest BCUT2D eigenvalue weighted by molar-refractivity contribution is 5.69. The third-order valence-electron chi connectivity index (χ3n) is 8.25. The van der Waals surface area contributed by atoms with E-state index in [0.717, 1.165) is 5.56 Å². The van der Waals surface area contributed by atoms with Crippen LogP contribution in [-0.2, 0) is 11.2 Å². The molecule has 0 saturated carbocycles. The van der Waals surface area contributed by atoms with Crippen molar-refractivity contribution in [2.75, 3.05) is 21.3 Å². The highest BCUT2D eigenvalue weighted by Crippen LogP contribution is 2.69. The van der Waals surface area contributed by atoms with Crippen molar-refractivity contribution in [3.63, 3.8) is 0 Å². The van der Waals surface area contributed by atoms with Gasteiger partial charge in [-0.25, -0.2) is 4.98 Å². The van der Waals surface area contributed by atoms with Crippen LogP contribution in [-0.4, -0.2) is 41.4 Å². The van der Waals surface area contributed by atoms with Gasteiger partial charge in [0.25, 0.3) is 5.56 Å². The van der Waals surface area contributed by atoms with E-state index >= 15 is 0 Å². The minimum absolute atomic E-state index is 0.178. The summed E-state index contributed by atoms with van der Waals surface area (Å²) in [5, 5.41) is 13.4. The Morgan fingerprint density at radius 1 is 0.905 bits per heavy atom. The zero-order chi connectivity index (χ0) is 29.1. The third kappa shape index (κ3) is 3.37. The van der Waals surface area contributed by atoms with Crippen molar-refractivity contribution in [1.29, 1.82) is 0 Å². The van der Waals surface area contributed by atoms with E-state index in [1.54, 1.807) is 63.0 Å². The quantitative estimate of drug-likeness (QED) is 0.311. The lowest BCUT2D eigenvalue weighted by atomic mass is 9.70. The monoisotopic (exact) mass is 561 g/mol. The SMILES string of the molecule is COc1ccc([C@@]23Oc4cc(OC)cc(OC)c4[C@]2(O)c2nc(-c4cccnc4)[nH]c(=O)c2[C@H]3c2ccccc2)cc1. The summed E-state index contributed by atoms with van der Waals surface area (Å²) in [4.78, 5) is 26.2. The number of aliphatic hydroxyl groups is 1. The summed E-state index contributed by atoms with van der Waals surface area (Å²) in [6.45, 7) is 0. The second-order valence-electron chi connectivity index (χ2n) is 10.2. The second-order valence-corrected chi connectivity index (χ2v) is 10.2. The molecule has 5 aromatic rings. The van der Waals surface area contributed by atoms with Crippen LogP contribution in [0.2, 0.25) is 0 Å². The van der Waals surface area contributed by atoms with Crippen LogP contribution in [0.1, 0.15) is 33.9 Å². The molecule has 0 radical (unpaired) electrons. The van der Waals surface area contributed by atoms with Crippen LogP contribution < -0.4 is 24.5 Å².